The fraction of sp³-hybridized carbons (Fsp3) is 0.538. The van der Waals surface area contributed by atoms with E-state index in [9.17, 15) is 0 Å². The fourth-order valence-electron chi connectivity index (χ4n) is 1.75. The Kier molecular flexibility index (Phi) is 4.97. The predicted octanol–water partition coefficient (Wildman–Crippen LogP) is 2.21. The summed E-state index contributed by atoms with van der Waals surface area (Å²) in [5.41, 5.74) is 0. The summed E-state index contributed by atoms with van der Waals surface area (Å²) in [7, 11) is 0. The van der Waals surface area contributed by atoms with Gasteiger partial charge in [-0.1, -0.05) is 12.0 Å². The molecule has 0 bridgehead atoms. The third kappa shape index (κ3) is 4.40. The van der Waals surface area contributed by atoms with Crippen LogP contribution >= 0.6 is 0 Å². The van der Waals surface area contributed by atoms with Crippen LogP contribution in [0.4, 0.5) is 6.01 Å². The van der Waals surface area contributed by atoms with Gasteiger partial charge < -0.3 is 19.5 Å². The van der Waals surface area contributed by atoms with Crippen LogP contribution in [0.15, 0.2) is 27.2 Å². The van der Waals surface area contributed by atoms with Crippen molar-refractivity contribution >= 4 is 6.01 Å². The van der Waals surface area contributed by atoms with Crippen LogP contribution in [0.5, 0.6) is 0 Å². The van der Waals surface area contributed by atoms with Crippen molar-refractivity contribution in [2.45, 2.75) is 39.3 Å². The fourth-order valence-corrected chi connectivity index (χ4v) is 1.75. The molecule has 0 aliphatic carbocycles. The van der Waals surface area contributed by atoms with Crippen LogP contribution in [-0.2, 0) is 13.0 Å². The zero-order chi connectivity index (χ0) is 13.5. The number of anilines is 1. The number of nitrogens with one attached hydrogen (secondary N) is 2. The zero-order valence-electron chi connectivity index (χ0n) is 11.3. The van der Waals surface area contributed by atoms with Crippen LogP contribution in [-0.4, -0.2) is 22.8 Å². The summed E-state index contributed by atoms with van der Waals surface area (Å²) in [4.78, 5) is 0. The van der Waals surface area contributed by atoms with Gasteiger partial charge in [0.15, 0.2) is 0 Å². The van der Waals surface area contributed by atoms with E-state index in [1.165, 1.54) is 0 Å². The van der Waals surface area contributed by atoms with Crippen LogP contribution < -0.4 is 10.6 Å². The minimum absolute atomic E-state index is 0.169. The molecule has 0 radical (unpaired) electrons. The molecule has 2 aromatic heterocycles. The second kappa shape index (κ2) is 6.94. The Labute approximate surface area is 112 Å². The van der Waals surface area contributed by atoms with Gasteiger partial charge in [0.05, 0.1) is 12.8 Å². The van der Waals surface area contributed by atoms with Gasteiger partial charge in [-0.25, -0.2) is 0 Å². The average Bonchev–Trinajstić information content (AvgIpc) is 3.02. The lowest BCUT2D eigenvalue weighted by molar-refractivity contribution is 0.466. The molecule has 0 spiro atoms. The van der Waals surface area contributed by atoms with Crippen LogP contribution in [0.25, 0.3) is 0 Å². The van der Waals surface area contributed by atoms with Crippen LogP contribution in [0, 0.1) is 0 Å². The molecule has 2 heterocycles. The molecule has 0 amide bonds. The lowest BCUT2D eigenvalue weighted by Gasteiger charge is -2.09. The number of furan rings is 1. The summed E-state index contributed by atoms with van der Waals surface area (Å²) in [5, 5.41) is 14.3. The van der Waals surface area contributed by atoms with Gasteiger partial charge in [0, 0.05) is 12.5 Å². The van der Waals surface area contributed by atoms with Crippen molar-refractivity contribution < 1.29 is 8.83 Å². The largest absolute Gasteiger partial charge is 0.469 e. The summed E-state index contributed by atoms with van der Waals surface area (Å²) in [5.74, 6) is 1.53. The second-order valence-corrected chi connectivity index (χ2v) is 4.51. The van der Waals surface area contributed by atoms with Gasteiger partial charge in [-0.05, 0) is 32.0 Å². The van der Waals surface area contributed by atoms with E-state index in [0.29, 0.717) is 18.5 Å². The Morgan fingerprint density at radius 1 is 1.37 bits per heavy atom. The SMILES string of the molecule is CCCNCc1nnc(NC(C)Cc2ccco2)o1. The third-order valence-electron chi connectivity index (χ3n) is 2.63. The third-order valence-corrected chi connectivity index (χ3v) is 2.63. The molecule has 6 heteroatoms. The maximum Gasteiger partial charge on any atom is 0.315 e. The number of hydrogen-bond donors (Lipinski definition) is 2. The zero-order valence-corrected chi connectivity index (χ0v) is 11.3. The molecule has 0 saturated heterocycles. The van der Waals surface area contributed by atoms with Gasteiger partial charge in [0.2, 0.25) is 5.89 Å². The van der Waals surface area contributed by atoms with E-state index < -0.39 is 0 Å². The molecular formula is C13H20N4O2. The van der Waals surface area contributed by atoms with Crippen molar-refractivity contribution in [3.8, 4) is 0 Å². The molecule has 1 unspecified atom stereocenters. The molecule has 0 fully saturated rings. The molecule has 0 aliphatic rings. The number of nitrogens with zero attached hydrogens (tertiary/aromatic N) is 2. The topological polar surface area (TPSA) is 76.1 Å². The first-order valence-corrected chi connectivity index (χ1v) is 6.60. The minimum atomic E-state index is 0.169. The second-order valence-electron chi connectivity index (χ2n) is 4.51. The molecule has 0 saturated carbocycles. The lowest BCUT2D eigenvalue weighted by atomic mass is 10.2. The highest BCUT2D eigenvalue weighted by Gasteiger charge is 2.10. The maximum atomic E-state index is 5.49. The summed E-state index contributed by atoms with van der Waals surface area (Å²) >= 11 is 0. The van der Waals surface area contributed by atoms with E-state index in [-0.39, 0.29) is 6.04 Å². The van der Waals surface area contributed by atoms with Crippen LogP contribution in [0.3, 0.4) is 0 Å². The highest BCUT2D eigenvalue weighted by atomic mass is 16.4. The van der Waals surface area contributed by atoms with E-state index in [1.54, 1.807) is 6.26 Å². The van der Waals surface area contributed by atoms with Crippen molar-refractivity contribution in [3.63, 3.8) is 0 Å². The standard InChI is InChI=1S/C13H20N4O2/c1-3-6-14-9-12-16-17-13(19-12)15-10(2)8-11-5-4-7-18-11/h4-5,7,10,14H,3,6,8-9H2,1-2H3,(H,15,17). The van der Waals surface area contributed by atoms with Gasteiger partial charge in [-0.2, -0.15) is 0 Å². The Hall–Kier alpha value is -1.82. The van der Waals surface area contributed by atoms with E-state index in [0.717, 1.165) is 25.1 Å². The summed E-state index contributed by atoms with van der Waals surface area (Å²) < 4.78 is 10.8. The molecule has 104 valence electrons. The molecule has 1 atom stereocenters. The van der Waals surface area contributed by atoms with Gasteiger partial charge in [0.25, 0.3) is 0 Å². The van der Waals surface area contributed by atoms with Gasteiger partial charge in [-0.3, -0.25) is 0 Å². The van der Waals surface area contributed by atoms with Gasteiger partial charge >= 0.3 is 6.01 Å². The Morgan fingerprint density at radius 3 is 3.00 bits per heavy atom. The van der Waals surface area contributed by atoms with Crippen molar-refractivity contribution in [1.29, 1.82) is 0 Å². The molecule has 0 aromatic carbocycles. The molecule has 2 rings (SSSR count). The first-order chi connectivity index (χ1) is 9.28. The Morgan fingerprint density at radius 2 is 2.26 bits per heavy atom. The highest BCUT2D eigenvalue weighted by molar-refractivity contribution is 5.20. The van der Waals surface area contributed by atoms with Crippen molar-refractivity contribution in [2.24, 2.45) is 0 Å². The molecule has 0 aliphatic heterocycles. The van der Waals surface area contributed by atoms with Crippen molar-refractivity contribution in [3.05, 3.63) is 30.0 Å². The number of aromatic nitrogens is 2. The minimum Gasteiger partial charge on any atom is -0.469 e. The van der Waals surface area contributed by atoms with Gasteiger partial charge in [0.1, 0.15) is 5.76 Å². The van der Waals surface area contributed by atoms with Crippen LogP contribution in [0.1, 0.15) is 31.9 Å². The molecule has 6 nitrogen and oxygen atoms in total. The molecule has 2 aromatic rings. The highest BCUT2D eigenvalue weighted by Crippen LogP contribution is 2.10. The molecule has 19 heavy (non-hydrogen) atoms. The summed E-state index contributed by atoms with van der Waals surface area (Å²) in [6.07, 6.45) is 3.53. The van der Waals surface area contributed by atoms with E-state index in [1.807, 2.05) is 19.1 Å². The monoisotopic (exact) mass is 264 g/mol. The number of hydrogen-bond acceptors (Lipinski definition) is 6. The van der Waals surface area contributed by atoms with E-state index >= 15 is 0 Å². The number of rotatable bonds is 8. The Bertz CT molecular complexity index is 467. The molecular weight excluding hydrogens is 244 g/mol. The van der Waals surface area contributed by atoms with Crippen LogP contribution in [0.2, 0.25) is 0 Å². The first kappa shape index (κ1) is 13.6. The van der Waals surface area contributed by atoms with E-state index in [4.69, 9.17) is 8.83 Å². The predicted molar refractivity (Wildman–Crippen MR) is 71.8 cm³/mol. The van der Waals surface area contributed by atoms with Crippen molar-refractivity contribution in [2.75, 3.05) is 11.9 Å². The van der Waals surface area contributed by atoms with Crippen molar-refractivity contribution in [1.82, 2.24) is 15.5 Å². The first-order valence-electron chi connectivity index (χ1n) is 6.60. The normalized spacial score (nSPS) is 12.5. The summed E-state index contributed by atoms with van der Waals surface area (Å²) in [6, 6.07) is 4.45. The van der Waals surface area contributed by atoms with E-state index in [2.05, 4.69) is 27.8 Å². The lowest BCUT2D eigenvalue weighted by Crippen LogP contribution is -2.18. The quantitative estimate of drug-likeness (QED) is 0.712. The summed E-state index contributed by atoms with van der Waals surface area (Å²) in [6.45, 7) is 5.71. The molecule has 2 N–H and O–H groups in total. The smallest absolute Gasteiger partial charge is 0.315 e. The average molecular weight is 264 g/mol. The Balaban J connectivity index is 1.78. The van der Waals surface area contributed by atoms with Gasteiger partial charge in [-0.15, -0.1) is 5.10 Å². The maximum absolute atomic E-state index is 5.49.